The first kappa shape index (κ1) is 24.8. The first-order valence-corrected chi connectivity index (χ1v) is 11.5. The smallest absolute Gasteiger partial charge is 0.416 e. The average molecular weight is 509 g/mol. The Bertz CT molecular complexity index is 1220. The second-order valence-electron chi connectivity index (χ2n) is 8.21. The second-order valence-corrected chi connectivity index (χ2v) is 8.64. The van der Waals surface area contributed by atoms with Crippen LogP contribution in [0.1, 0.15) is 36.1 Å². The normalized spacial score (nSPS) is 15.3. The van der Waals surface area contributed by atoms with Crippen molar-refractivity contribution in [3.05, 3.63) is 70.6 Å². The van der Waals surface area contributed by atoms with Crippen LogP contribution in [0.4, 0.5) is 18.0 Å². The number of nitrogens with zero attached hydrogens (tertiary/aromatic N) is 4. The van der Waals surface area contributed by atoms with Crippen LogP contribution in [0.25, 0.3) is 5.65 Å². The minimum absolute atomic E-state index is 0.0684. The number of pyridine rings is 1. The molecule has 1 aliphatic heterocycles. The number of halogens is 4. The highest BCUT2D eigenvalue weighted by atomic mass is 35.5. The van der Waals surface area contributed by atoms with E-state index in [1.54, 1.807) is 46.8 Å². The molecule has 0 aliphatic carbocycles. The van der Waals surface area contributed by atoms with E-state index < -0.39 is 23.8 Å². The summed E-state index contributed by atoms with van der Waals surface area (Å²) in [5, 5.41) is 0.431. The van der Waals surface area contributed by atoms with Crippen LogP contribution >= 0.6 is 11.6 Å². The van der Waals surface area contributed by atoms with Crippen LogP contribution < -0.4 is 0 Å². The van der Waals surface area contributed by atoms with E-state index in [1.807, 2.05) is 0 Å². The Kier molecular flexibility index (Phi) is 7.20. The van der Waals surface area contributed by atoms with Crippen LogP contribution in [0.15, 0.2) is 48.8 Å². The van der Waals surface area contributed by atoms with Gasteiger partial charge in [-0.05, 0) is 30.7 Å². The van der Waals surface area contributed by atoms with Crippen molar-refractivity contribution in [3.8, 4) is 0 Å². The second kappa shape index (κ2) is 10.2. The fourth-order valence-electron chi connectivity index (χ4n) is 4.21. The molecule has 0 radical (unpaired) electrons. The van der Waals surface area contributed by atoms with Crippen LogP contribution in [0, 0.1) is 0 Å². The topological polar surface area (TPSA) is 67.2 Å². The Labute approximate surface area is 205 Å². The molecule has 3 aromatic rings. The molecular weight excluding hydrogens is 485 g/mol. The Hall–Kier alpha value is -3.27. The highest BCUT2D eigenvalue weighted by Crippen LogP contribution is 2.35. The molecule has 1 fully saturated rings. The van der Waals surface area contributed by atoms with E-state index in [0.717, 1.165) is 12.1 Å². The molecule has 0 saturated carbocycles. The summed E-state index contributed by atoms with van der Waals surface area (Å²) < 4.78 is 47.0. The lowest BCUT2D eigenvalue weighted by molar-refractivity contribution is -0.137. The van der Waals surface area contributed by atoms with Gasteiger partial charge in [0.2, 0.25) is 5.91 Å². The number of fused-ring (bicyclic) bond motifs is 1. The van der Waals surface area contributed by atoms with Gasteiger partial charge in [-0.15, -0.1) is 0 Å². The number of hydrogen-bond acceptors (Lipinski definition) is 4. The predicted molar refractivity (Wildman–Crippen MR) is 123 cm³/mol. The van der Waals surface area contributed by atoms with Gasteiger partial charge in [0, 0.05) is 50.9 Å². The molecule has 11 heteroatoms. The summed E-state index contributed by atoms with van der Waals surface area (Å²) in [6.07, 6.45) is -1.83. The van der Waals surface area contributed by atoms with E-state index in [1.165, 1.54) is 11.0 Å². The lowest BCUT2D eigenvalue weighted by atomic mass is 9.90. The van der Waals surface area contributed by atoms with E-state index in [-0.39, 0.29) is 18.9 Å². The first-order valence-electron chi connectivity index (χ1n) is 11.2. The zero-order chi connectivity index (χ0) is 25.2. The predicted octanol–water partition coefficient (Wildman–Crippen LogP) is 4.83. The van der Waals surface area contributed by atoms with Crippen molar-refractivity contribution in [1.29, 1.82) is 0 Å². The molecule has 2 amide bonds. The van der Waals surface area contributed by atoms with E-state index in [0.29, 0.717) is 48.1 Å². The van der Waals surface area contributed by atoms with Gasteiger partial charge < -0.3 is 18.9 Å². The molecule has 0 bridgehead atoms. The highest BCUT2D eigenvalue weighted by molar-refractivity contribution is 6.30. The summed E-state index contributed by atoms with van der Waals surface area (Å²) in [5.41, 5.74) is 0.680. The van der Waals surface area contributed by atoms with Crippen molar-refractivity contribution in [3.63, 3.8) is 0 Å². The van der Waals surface area contributed by atoms with Crippen molar-refractivity contribution in [2.75, 3.05) is 32.8 Å². The van der Waals surface area contributed by atoms with Crippen molar-refractivity contribution in [2.45, 2.75) is 25.4 Å². The minimum atomic E-state index is -4.52. The molecule has 1 aliphatic rings. The number of imidazole rings is 1. The van der Waals surface area contributed by atoms with Crippen LogP contribution in [0.2, 0.25) is 5.02 Å². The summed E-state index contributed by atoms with van der Waals surface area (Å²) >= 11 is 6.16. The zero-order valence-corrected chi connectivity index (χ0v) is 19.7. The van der Waals surface area contributed by atoms with Gasteiger partial charge in [-0.25, -0.2) is 9.78 Å². The van der Waals surface area contributed by atoms with Gasteiger partial charge in [0.05, 0.1) is 22.9 Å². The molecule has 1 unspecified atom stereocenters. The number of piperazine rings is 1. The number of alkyl halides is 3. The number of hydrogen-bond donors (Lipinski definition) is 0. The van der Waals surface area contributed by atoms with E-state index >= 15 is 0 Å². The molecule has 4 rings (SSSR count). The Balaban J connectivity index is 1.62. The summed E-state index contributed by atoms with van der Waals surface area (Å²) in [4.78, 5) is 32.7. The van der Waals surface area contributed by atoms with Crippen molar-refractivity contribution in [1.82, 2.24) is 19.2 Å². The molecule has 3 heterocycles. The Morgan fingerprint density at radius 3 is 2.51 bits per heavy atom. The average Bonchev–Trinajstić information content (AvgIpc) is 3.25. The molecule has 0 spiro atoms. The van der Waals surface area contributed by atoms with Gasteiger partial charge in [0.25, 0.3) is 0 Å². The maximum Gasteiger partial charge on any atom is 0.416 e. The molecule has 1 saturated heterocycles. The molecule has 1 aromatic carbocycles. The molecule has 186 valence electrons. The van der Waals surface area contributed by atoms with E-state index in [2.05, 4.69) is 4.98 Å². The zero-order valence-electron chi connectivity index (χ0n) is 19.0. The van der Waals surface area contributed by atoms with Crippen LogP contribution in [-0.4, -0.2) is 64.0 Å². The maximum absolute atomic E-state index is 13.4. The molecular formula is C24H24ClF3N4O3. The van der Waals surface area contributed by atoms with Gasteiger partial charge in [-0.1, -0.05) is 29.8 Å². The number of aromatic nitrogens is 2. The third-order valence-corrected chi connectivity index (χ3v) is 6.23. The number of carbonyl (C=O) groups excluding carboxylic acids is 2. The number of amides is 2. The first-order chi connectivity index (χ1) is 16.7. The molecule has 2 aromatic heterocycles. The summed E-state index contributed by atoms with van der Waals surface area (Å²) in [6, 6.07) is 8.36. The SMILES string of the molecule is CCOC(=O)N1CCN(C(=O)CC(c2cccc(C(F)(F)F)c2)c2cnc3ccc(Cl)cn23)CC1. The highest BCUT2D eigenvalue weighted by Gasteiger charge is 2.33. The van der Waals surface area contributed by atoms with Gasteiger partial charge in [-0.2, -0.15) is 13.2 Å². The van der Waals surface area contributed by atoms with Crippen LogP contribution in [-0.2, 0) is 15.7 Å². The summed E-state index contributed by atoms with van der Waals surface area (Å²) in [5.74, 6) is -0.922. The van der Waals surface area contributed by atoms with Gasteiger partial charge >= 0.3 is 12.3 Å². The number of rotatable bonds is 5. The summed E-state index contributed by atoms with van der Waals surface area (Å²) in [6.45, 7) is 3.25. The fraction of sp³-hybridized carbons (Fsp3) is 0.375. The monoisotopic (exact) mass is 508 g/mol. The fourth-order valence-corrected chi connectivity index (χ4v) is 4.37. The largest absolute Gasteiger partial charge is 0.450 e. The van der Waals surface area contributed by atoms with Crippen molar-refractivity contribution in [2.24, 2.45) is 0 Å². The van der Waals surface area contributed by atoms with Gasteiger partial charge in [0.15, 0.2) is 0 Å². The van der Waals surface area contributed by atoms with Crippen LogP contribution in [0.3, 0.4) is 0 Å². The maximum atomic E-state index is 13.4. The lowest BCUT2D eigenvalue weighted by Gasteiger charge is -2.34. The molecule has 35 heavy (non-hydrogen) atoms. The quantitative estimate of drug-likeness (QED) is 0.495. The number of carbonyl (C=O) groups is 2. The third kappa shape index (κ3) is 5.53. The van der Waals surface area contributed by atoms with Gasteiger partial charge in [-0.3, -0.25) is 4.79 Å². The van der Waals surface area contributed by atoms with E-state index in [4.69, 9.17) is 16.3 Å². The summed E-state index contributed by atoms with van der Waals surface area (Å²) in [7, 11) is 0. The lowest BCUT2D eigenvalue weighted by Crippen LogP contribution is -2.51. The minimum Gasteiger partial charge on any atom is -0.450 e. The Morgan fingerprint density at radius 1 is 1.11 bits per heavy atom. The molecule has 1 atom stereocenters. The van der Waals surface area contributed by atoms with Crippen molar-refractivity contribution >= 4 is 29.2 Å². The number of ether oxygens (including phenoxy) is 1. The third-order valence-electron chi connectivity index (χ3n) is 6.01. The van der Waals surface area contributed by atoms with Crippen molar-refractivity contribution < 1.29 is 27.5 Å². The van der Waals surface area contributed by atoms with Gasteiger partial charge in [0.1, 0.15) is 5.65 Å². The standard InChI is InChI=1S/C24H24ClF3N4O3/c1-2-35-23(34)31-10-8-30(9-11-31)22(33)13-19(16-4-3-5-17(12-16)24(26,27)28)20-14-29-21-7-6-18(25)15-32(20)21/h3-7,12,14-15,19H,2,8-11,13H2,1H3. The Morgan fingerprint density at radius 2 is 1.83 bits per heavy atom. The molecule has 0 N–H and O–H groups in total. The molecule has 7 nitrogen and oxygen atoms in total. The van der Waals surface area contributed by atoms with Crippen LogP contribution in [0.5, 0.6) is 0 Å². The van der Waals surface area contributed by atoms with E-state index in [9.17, 15) is 22.8 Å². The number of benzene rings is 1.